The van der Waals surface area contributed by atoms with Crippen LogP contribution in [0.5, 0.6) is 0 Å². The predicted molar refractivity (Wildman–Crippen MR) is 57.5 cm³/mol. The largest absolute Gasteiger partial charge is 0.480 e. The van der Waals surface area contributed by atoms with Crippen molar-refractivity contribution in [2.75, 3.05) is 0 Å². The Morgan fingerprint density at radius 2 is 2.25 bits per heavy atom. The molecule has 2 N–H and O–H groups in total. The van der Waals surface area contributed by atoms with Gasteiger partial charge in [-0.25, -0.2) is 4.79 Å². The average Bonchev–Trinajstić information content (AvgIpc) is 2.64. The van der Waals surface area contributed by atoms with E-state index in [1.807, 2.05) is 6.92 Å². The molecule has 0 spiro atoms. The second kappa shape index (κ2) is 5.55. The summed E-state index contributed by atoms with van der Waals surface area (Å²) in [6.07, 6.45) is 1.03. The zero-order valence-electron chi connectivity index (χ0n) is 8.70. The molecule has 0 fully saturated rings. The fourth-order valence-corrected chi connectivity index (χ4v) is 1.36. The van der Waals surface area contributed by atoms with Crippen LogP contribution in [0, 0.1) is 0 Å². The van der Waals surface area contributed by atoms with Crippen molar-refractivity contribution in [1.29, 1.82) is 0 Å². The lowest BCUT2D eigenvalue weighted by Gasteiger charge is -2.11. The predicted octanol–water partition coefficient (Wildman–Crippen LogP) is 1.92. The van der Waals surface area contributed by atoms with Gasteiger partial charge in [0.2, 0.25) is 0 Å². The Bertz CT molecular complexity index is 388. The van der Waals surface area contributed by atoms with Crippen molar-refractivity contribution in [3.8, 4) is 0 Å². The van der Waals surface area contributed by atoms with Gasteiger partial charge in [0.15, 0.2) is 11.0 Å². The van der Waals surface area contributed by atoms with Gasteiger partial charge in [0.05, 0.1) is 0 Å². The van der Waals surface area contributed by atoms with E-state index in [0.717, 1.165) is 0 Å². The highest BCUT2D eigenvalue weighted by Gasteiger charge is 2.21. The van der Waals surface area contributed by atoms with E-state index in [0.29, 0.717) is 12.8 Å². The second-order valence-electron chi connectivity index (χ2n) is 3.26. The lowest BCUT2D eigenvalue weighted by molar-refractivity contribution is -0.139. The summed E-state index contributed by atoms with van der Waals surface area (Å²) in [4.78, 5) is 22.3. The van der Waals surface area contributed by atoms with Crippen LogP contribution in [-0.4, -0.2) is 23.0 Å². The minimum Gasteiger partial charge on any atom is -0.480 e. The normalized spacial score (nSPS) is 12.1. The van der Waals surface area contributed by atoms with E-state index in [1.165, 1.54) is 12.1 Å². The molecule has 0 aliphatic rings. The number of carbonyl (C=O) groups excluding carboxylic acids is 1. The van der Waals surface area contributed by atoms with E-state index in [2.05, 4.69) is 5.32 Å². The summed E-state index contributed by atoms with van der Waals surface area (Å²) < 4.78 is 4.86. The first-order valence-corrected chi connectivity index (χ1v) is 5.21. The van der Waals surface area contributed by atoms with Crippen LogP contribution >= 0.6 is 11.6 Å². The molecule has 0 saturated carbocycles. The summed E-state index contributed by atoms with van der Waals surface area (Å²) in [5.41, 5.74) is 0. The number of aliphatic carboxylic acids is 1. The molecule has 0 bridgehead atoms. The first-order valence-electron chi connectivity index (χ1n) is 4.83. The van der Waals surface area contributed by atoms with Gasteiger partial charge >= 0.3 is 5.97 Å². The van der Waals surface area contributed by atoms with Gasteiger partial charge in [-0.15, -0.1) is 0 Å². The quantitative estimate of drug-likeness (QED) is 0.831. The van der Waals surface area contributed by atoms with Gasteiger partial charge < -0.3 is 14.8 Å². The molecule has 1 heterocycles. The van der Waals surface area contributed by atoms with E-state index in [9.17, 15) is 9.59 Å². The molecule has 1 amide bonds. The van der Waals surface area contributed by atoms with Gasteiger partial charge in [0, 0.05) is 0 Å². The van der Waals surface area contributed by atoms with Crippen LogP contribution in [0.25, 0.3) is 0 Å². The van der Waals surface area contributed by atoms with Crippen LogP contribution in [-0.2, 0) is 4.79 Å². The van der Waals surface area contributed by atoms with E-state index in [1.54, 1.807) is 0 Å². The molecule has 0 aliphatic heterocycles. The van der Waals surface area contributed by atoms with Crippen molar-refractivity contribution >= 4 is 23.5 Å². The maximum atomic E-state index is 11.5. The molecule has 0 radical (unpaired) electrons. The number of carboxylic acid groups (broad SMARTS) is 1. The summed E-state index contributed by atoms with van der Waals surface area (Å²) >= 11 is 5.50. The van der Waals surface area contributed by atoms with Crippen molar-refractivity contribution in [2.45, 2.75) is 25.8 Å². The molecular formula is C10H12ClNO4. The summed E-state index contributed by atoms with van der Waals surface area (Å²) in [6.45, 7) is 1.84. The monoisotopic (exact) mass is 245 g/mol. The Kier molecular flexibility index (Phi) is 4.37. The number of amides is 1. The molecule has 0 aliphatic carbocycles. The highest BCUT2D eigenvalue weighted by Crippen LogP contribution is 2.13. The topological polar surface area (TPSA) is 79.5 Å². The van der Waals surface area contributed by atoms with Crippen LogP contribution in [0.15, 0.2) is 16.5 Å². The standard InChI is InChI=1S/C10H12ClNO4/c1-2-3-6(10(14)15)12-9(13)7-4-5-8(11)16-7/h4-6H,2-3H2,1H3,(H,12,13)(H,14,15)/t6-/m0/s1. The molecule has 1 rings (SSSR count). The minimum atomic E-state index is -1.06. The van der Waals surface area contributed by atoms with E-state index in [4.69, 9.17) is 21.1 Å². The minimum absolute atomic E-state index is 0.00681. The van der Waals surface area contributed by atoms with Crippen molar-refractivity contribution < 1.29 is 19.1 Å². The van der Waals surface area contributed by atoms with Gasteiger partial charge in [-0.3, -0.25) is 4.79 Å². The molecule has 0 saturated heterocycles. The molecule has 0 aromatic carbocycles. The maximum absolute atomic E-state index is 11.5. The van der Waals surface area contributed by atoms with Crippen LogP contribution in [0.1, 0.15) is 30.3 Å². The summed E-state index contributed by atoms with van der Waals surface area (Å²) in [6, 6.07) is 1.91. The van der Waals surface area contributed by atoms with Crippen LogP contribution in [0.3, 0.4) is 0 Å². The van der Waals surface area contributed by atoms with E-state index < -0.39 is 17.9 Å². The first-order chi connectivity index (χ1) is 7.54. The second-order valence-corrected chi connectivity index (χ2v) is 3.63. The summed E-state index contributed by atoms with van der Waals surface area (Å²) in [7, 11) is 0. The molecular weight excluding hydrogens is 234 g/mol. The Labute approximate surface area is 97.4 Å². The molecule has 6 heteroatoms. The number of carbonyl (C=O) groups is 2. The maximum Gasteiger partial charge on any atom is 0.326 e. The zero-order valence-corrected chi connectivity index (χ0v) is 9.45. The number of carboxylic acids is 1. The highest BCUT2D eigenvalue weighted by molar-refractivity contribution is 6.29. The van der Waals surface area contributed by atoms with Gasteiger partial charge in [0.1, 0.15) is 6.04 Å². The number of hydrogen-bond donors (Lipinski definition) is 2. The van der Waals surface area contributed by atoms with Crippen molar-refractivity contribution in [2.24, 2.45) is 0 Å². The molecule has 5 nitrogen and oxygen atoms in total. The fourth-order valence-electron chi connectivity index (χ4n) is 1.21. The lowest BCUT2D eigenvalue weighted by atomic mass is 10.1. The highest BCUT2D eigenvalue weighted by atomic mass is 35.5. The molecule has 16 heavy (non-hydrogen) atoms. The number of rotatable bonds is 5. The van der Waals surface area contributed by atoms with Crippen LogP contribution < -0.4 is 5.32 Å². The number of halogens is 1. The number of nitrogens with one attached hydrogen (secondary N) is 1. The molecule has 88 valence electrons. The van der Waals surface area contributed by atoms with E-state index in [-0.39, 0.29) is 11.0 Å². The van der Waals surface area contributed by atoms with E-state index >= 15 is 0 Å². The van der Waals surface area contributed by atoms with Gasteiger partial charge in [0.25, 0.3) is 5.91 Å². The molecule has 1 aromatic heterocycles. The van der Waals surface area contributed by atoms with Gasteiger partial charge in [-0.2, -0.15) is 0 Å². The van der Waals surface area contributed by atoms with Crippen LogP contribution in [0.4, 0.5) is 0 Å². The third-order valence-electron chi connectivity index (χ3n) is 1.98. The molecule has 0 unspecified atom stereocenters. The average molecular weight is 246 g/mol. The van der Waals surface area contributed by atoms with Gasteiger partial charge in [-0.1, -0.05) is 13.3 Å². The SMILES string of the molecule is CCC[C@H](NC(=O)c1ccc(Cl)o1)C(=O)O. The zero-order chi connectivity index (χ0) is 12.1. The molecule has 1 atom stereocenters. The van der Waals surface area contributed by atoms with Crippen molar-refractivity contribution in [3.05, 3.63) is 23.1 Å². The smallest absolute Gasteiger partial charge is 0.326 e. The Morgan fingerprint density at radius 3 is 2.69 bits per heavy atom. The summed E-state index contributed by atoms with van der Waals surface area (Å²) in [5, 5.41) is 11.3. The first kappa shape index (κ1) is 12.6. The Balaban J connectivity index is 2.65. The van der Waals surface area contributed by atoms with Crippen LogP contribution in [0.2, 0.25) is 5.22 Å². The van der Waals surface area contributed by atoms with Gasteiger partial charge in [-0.05, 0) is 30.2 Å². The molecule has 1 aromatic rings. The third kappa shape index (κ3) is 3.27. The Morgan fingerprint density at radius 1 is 1.56 bits per heavy atom. The fraction of sp³-hybridized carbons (Fsp3) is 0.400. The Hall–Kier alpha value is -1.49. The van der Waals surface area contributed by atoms with Crippen molar-refractivity contribution in [3.63, 3.8) is 0 Å². The lowest BCUT2D eigenvalue weighted by Crippen LogP contribution is -2.40. The van der Waals surface area contributed by atoms with Crippen molar-refractivity contribution in [1.82, 2.24) is 5.32 Å². The number of furan rings is 1. The number of hydrogen-bond acceptors (Lipinski definition) is 3. The third-order valence-corrected chi connectivity index (χ3v) is 2.18. The summed E-state index contributed by atoms with van der Waals surface area (Å²) in [5.74, 6) is -1.63.